The highest BCUT2D eigenvalue weighted by molar-refractivity contribution is 7.80. The van der Waals surface area contributed by atoms with Crippen molar-refractivity contribution in [3.63, 3.8) is 0 Å². The summed E-state index contributed by atoms with van der Waals surface area (Å²) >= 11 is 5.19. The van der Waals surface area contributed by atoms with Gasteiger partial charge in [0.05, 0.1) is 0 Å². The van der Waals surface area contributed by atoms with E-state index in [2.05, 4.69) is 16.0 Å². The maximum atomic E-state index is 12.3. The summed E-state index contributed by atoms with van der Waals surface area (Å²) in [6, 6.07) is 14.1. The smallest absolute Gasteiger partial charge is 0.257 e. The third-order valence-electron chi connectivity index (χ3n) is 3.83. The van der Waals surface area contributed by atoms with Crippen molar-refractivity contribution in [3.8, 4) is 0 Å². The molecule has 0 atom stereocenters. The number of amides is 2. The van der Waals surface area contributed by atoms with Crippen LogP contribution in [0.15, 0.2) is 48.5 Å². The molecule has 0 unspecified atom stereocenters. The Bertz CT molecular complexity index is 806. The summed E-state index contributed by atoms with van der Waals surface area (Å²) in [4.78, 5) is 24.3. The molecule has 0 aliphatic rings. The first-order chi connectivity index (χ1) is 13.0. The van der Waals surface area contributed by atoms with Gasteiger partial charge in [0.25, 0.3) is 11.8 Å². The Morgan fingerprint density at radius 2 is 1.74 bits per heavy atom. The van der Waals surface area contributed by atoms with Crippen LogP contribution in [0.5, 0.6) is 0 Å². The predicted molar refractivity (Wildman–Crippen MR) is 110 cm³/mol. The zero-order valence-electron chi connectivity index (χ0n) is 15.4. The number of carbonyl (C=O) groups excluding carboxylic acids is 2. The summed E-state index contributed by atoms with van der Waals surface area (Å²) in [5.41, 5.74) is 2.68. The van der Waals surface area contributed by atoms with Crippen molar-refractivity contribution in [3.05, 3.63) is 65.2 Å². The minimum atomic E-state index is -0.266. The molecule has 142 valence electrons. The van der Waals surface area contributed by atoms with E-state index in [-0.39, 0.29) is 16.9 Å². The molecule has 6 nitrogen and oxygen atoms in total. The van der Waals surface area contributed by atoms with Crippen LogP contribution in [-0.4, -0.2) is 37.2 Å². The number of anilines is 1. The topological polar surface area (TPSA) is 79.5 Å². The summed E-state index contributed by atoms with van der Waals surface area (Å²) in [5.74, 6) is -0.411. The zero-order chi connectivity index (χ0) is 19.6. The highest BCUT2D eigenvalue weighted by atomic mass is 32.1. The number of hydrogen-bond donors (Lipinski definition) is 3. The number of benzene rings is 2. The van der Waals surface area contributed by atoms with Crippen LogP contribution in [-0.2, 0) is 4.74 Å². The molecule has 0 bridgehead atoms. The molecule has 7 heteroatoms. The molecular weight excluding hydrogens is 362 g/mol. The van der Waals surface area contributed by atoms with E-state index >= 15 is 0 Å². The SMILES string of the molecule is COCCCNC(=O)c1ccc(NC(=S)NC(=O)c2ccccc2C)cc1. The number of methoxy groups -OCH3 is 1. The Labute approximate surface area is 164 Å². The van der Waals surface area contributed by atoms with Gasteiger partial charge in [-0.05, 0) is 61.5 Å². The molecule has 3 N–H and O–H groups in total. The summed E-state index contributed by atoms with van der Waals surface area (Å²) in [7, 11) is 1.63. The van der Waals surface area contributed by atoms with Crippen LogP contribution >= 0.6 is 12.2 Å². The molecule has 0 saturated carbocycles. The van der Waals surface area contributed by atoms with Crippen molar-refractivity contribution in [2.24, 2.45) is 0 Å². The van der Waals surface area contributed by atoms with Crippen molar-refractivity contribution in [1.82, 2.24) is 10.6 Å². The van der Waals surface area contributed by atoms with Crippen LogP contribution in [0.3, 0.4) is 0 Å². The van der Waals surface area contributed by atoms with Gasteiger partial charge < -0.3 is 15.4 Å². The van der Waals surface area contributed by atoms with Crippen LogP contribution < -0.4 is 16.0 Å². The first-order valence-corrected chi connectivity index (χ1v) is 8.97. The van der Waals surface area contributed by atoms with E-state index in [4.69, 9.17) is 17.0 Å². The first-order valence-electron chi connectivity index (χ1n) is 8.56. The second kappa shape index (κ2) is 10.4. The van der Waals surface area contributed by atoms with Gasteiger partial charge in [0.2, 0.25) is 0 Å². The fourth-order valence-corrected chi connectivity index (χ4v) is 2.60. The molecule has 0 aromatic heterocycles. The molecule has 2 rings (SSSR count). The van der Waals surface area contributed by atoms with Gasteiger partial charge in [0.1, 0.15) is 0 Å². The van der Waals surface area contributed by atoms with Gasteiger partial charge in [-0.25, -0.2) is 0 Å². The van der Waals surface area contributed by atoms with Gasteiger partial charge >= 0.3 is 0 Å². The van der Waals surface area contributed by atoms with E-state index < -0.39 is 0 Å². The highest BCUT2D eigenvalue weighted by Crippen LogP contribution is 2.10. The summed E-state index contributed by atoms with van der Waals surface area (Å²) in [5, 5.41) is 8.61. The Morgan fingerprint density at radius 1 is 1.04 bits per heavy atom. The lowest BCUT2D eigenvalue weighted by Crippen LogP contribution is -2.34. The largest absolute Gasteiger partial charge is 0.385 e. The number of carbonyl (C=O) groups is 2. The number of thiocarbonyl (C=S) groups is 1. The summed E-state index contributed by atoms with van der Waals surface area (Å²) in [6.45, 7) is 3.03. The molecule has 0 fully saturated rings. The third-order valence-corrected chi connectivity index (χ3v) is 4.04. The molecule has 0 aliphatic carbocycles. The van der Waals surface area contributed by atoms with Gasteiger partial charge in [-0.15, -0.1) is 0 Å². The number of hydrogen-bond acceptors (Lipinski definition) is 4. The normalized spacial score (nSPS) is 10.1. The van der Waals surface area contributed by atoms with Gasteiger partial charge in [-0.1, -0.05) is 18.2 Å². The van der Waals surface area contributed by atoms with Gasteiger partial charge in [0, 0.05) is 37.1 Å². The Morgan fingerprint density at radius 3 is 2.41 bits per heavy atom. The summed E-state index contributed by atoms with van der Waals surface area (Å²) < 4.78 is 4.94. The second-order valence-corrected chi connectivity index (χ2v) is 6.31. The molecule has 0 radical (unpaired) electrons. The lowest BCUT2D eigenvalue weighted by molar-refractivity contribution is 0.0946. The van der Waals surface area contributed by atoms with Gasteiger partial charge in [-0.2, -0.15) is 0 Å². The molecule has 2 amide bonds. The average Bonchev–Trinajstić information content (AvgIpc) is 2.66. The standard InChI is InChI=1S/C20H23N3O3S/c1-14-6-3-4-7-17(14)19(25)23-20(27)22-16-10-8-15(9-11-16)18(24)21-12-5-13-26-2/h3-4,6-11H,5,12-13H2,1-2H3,(H,21,24)(H2,22,23,25,27). The summed E-state index contributed by atoms with van der Waals surface area (Å²) in [6.07, 6.45) is 0.761. The quantitative estimate of drug-likeness (QED) is 0.505. The monoisotopic (exact) mass is 385 g/mol. The Kier molecular flexibility index (Phi) is 7.91. The average molecular weight is 385 g/mol. The lowest BCUT2D eigenvalue weighted by atomic mass is 10.1. The van der Waals surface area contributed by atoms with Crippen LogP contribution in [0, 0.1) is 6.92 Å². The molecule has 27 heavy (non-hydrogen) atoms. The number of nitrogens with one attached hydrogen (secondary N) is 3. The van der Waals surface area contributed by atoms with Crippen LogP contribution in [0.4, 0.5) is 5.69 Å². The molecule has 0 aliphatic heterocycles. The van der Waals surface area contributed by atoms with Crippen LogP contribution in [0.1, 0.15) is 32.7 Å². The maximum absolute atomic E-state index is 12.3. The van der Waals surface area contributed by atoms with Crippen LogP contribution in [0.25, 0.3) is 0 Å². The van der Waals surface area contributed by atoms with E-state index in [1.54, 1.807) is 43.5 Å². The van der Waals surface area contributed by atoms with E-state index in [1.165, 1.54) is 0 Å². The van der Waals surface area contributed by atoms with Crippen molar-refractivity contribution in [2.75, 3.05) is 25.6 Å². The predicted octanol–water partition coefficient (Wildman–Crippen LogP) is 2.89. The van der Waals surface area contributed by atoms with E-state index in [1.807, 2.05) is 19.1 Å². The molecule has 0 heterocycles. The lowest BCUT2D eigenvalue weighted by Gasteiger charge is -2.11. The van der Waals surface area contributed by atoms with Gasteiger partial charge in [0.15, 0.2) is 5.11 Å². The third kappa shape index (κ3) is 6.47. The molecule has 2 aromatic carbocycles. The molecule has 2 aromatic rings. The van der Waals surface area contributed by atoms with Crippen molar-refractivity contribution in [2.45, 2.75) is 13.3 Å². The van der Waals surface area contributed by atoms with Gasteiger partial charge in [-0.3, -0.25) is 14.9 Å². The van der Waals surface area contributed by atoms with Crippen molar-refractivity contribution < 1.29 is 14.3 Å². The fourth-order valence-electron chi connectivity index (χ4n) is 2.39. The van der Waals surface area contributed by atoms with E-state index in [9.17, 15) is 9.59 Å². The van der Waals surface area contributed by atoms with Crippen LogP contribution in [0.2, 0.25) is 0 Å². The van der Waals surface area contributed by atoms with Crippen molar-refractivity contribution in [1.29, 1.82) is 0 Å². The minimum absolute atomic E-state index is 0.145. The maximum Gasteiger partial charge on any atom is 0.257 e. The van der Waals surface area contributed by atoms with Crippen molar-refractivity contribution >= 4 is 34.8 Å². The van der Waals surface area contributed by atoms with E-state index in [0.717, 1.165) is 12.0 Å². The highest BCUT2D eigenvalue weighted by Gasteiger charge is 2.10. The molecule has 0 spiro atoms. The Balaban J connectivity index is 1.86. The number of rotatable bonds is 7. The fraction of sp³-hybridized carbons (Fsp3) is 0.250. The number of ether oxygens (including phenoxy) is 1. The Hall–Kier alpha value is -2.77. The molecular formula is C20H23N3O3S. The first kappa shape index (κ1) is 20.5. The second-order valence-electron chi connectivity index (χ2n) is 5.90. The zero-order valence-corrected chi connectivity index (χ0v) is 16.2. The van der Waals surface area contributed by atoms with E-state index in [0.29, 0.717) is 30.0 Å². The number of aryl methyl sites for hydroxylation is 1. The minimum Gasteiger partial charge on any atom is -0.385 e. The molecule has 0 saturated heterocycles.